The second kappa shape index (κ2) is 7.60. The third-order valence-electron chi connectivity index (χ3n) is 4.05. The fourth-order valence-corrected chi connectivity index (χ4v) is 2.93. The molecule has 134 valence electrons. The highest BCUT2D eigenvalue weighted by molar-refractivity contribution is 6.30. The Labute approximate surface area is 160 Å². The van der Waals surface area contributed by atoms with Crippen LogP contribution in [0.2, 0.25) is 5.02 Å². The van der Waals surface area contributed by atoms with Crippen molar-refractivity contribution in [3.8, 4) is 11.5 Å². The molecule has 1 heterocycles. The van der Waals surface area contributed by atoms with Crippen molar-refractivity contribution in [2.24, 2.45) is 0 Å². The first kappa shape index (κ1) is 17.2. The highest BCUT2D eigenvalue weighted by Crippen LogP contribution is 2.29. The number of nitrogens with one attached hydrogen (secondary N) is 1. The van der Waals surface area contributed by atoms with E-state index in [1.807, 2.05) is 42.5 Å². The van der Waals surface area contributed by atoms with Crippen LogP contribution in [0.1, 0.15) is 17.5 Å². The lowest BCUT2D eigenvalue weighted by Gasteiger charge is -2.17. The highest BCUT2D eigenvalue weighted by Gasteiger charge is 2.21. The van der Waals surface area contributed by atoms with Crippen molar-refractivity contribution in [1.82, 2.24) is 10.2 Å². The summed E-state index contributed by atoms with van der Waals surface area (Å²) in [7, 11) is 0. The lowest BCUT2D eigenvalue weighted by atomic mass is 10.1. The monoisotopic (exact) mass is 379 g/mol. The number of hydrogen-bond acceptors (Lipinski definition) is 4. The minimum absolute atomic E-state index is 0.309. The van der Waals surface area contributed by atoms with E-state index in [1.54, 1.807) is 24.3 Å². The lowest BCUT2D eigenvalue weighted by Crippen LogP contribution is -2.13. The van der Waals surface area contributed by atoms with Crippen LogP contribution in [0.25, 0.3) is 11.5 Å². The maximum atomic E-state index is 13.4. The van der Waals surface area contributed by atoms with Crippen LogP contribution in [0.4, 0.5) is 10.1 Å². The summed E-state index contributed by atoms with van der Waals surface area (Å²) in [6, 6.07) is 22.6. The number of benzene rings is 3. The number of nitrogens with zero attached hydrogens (tertiary/aromatic N) is 2. The minimum atomic E-state index is -0.450. The van der Waals surface area contributed by atoms with Crippen molar-refractivity contribution in [3.05, 3.63) is 101 Å². The van der Waals surface area contributed by atoms with Crippen molar-refractivity contribution in [2.75, 3.05) is 5.32 Å². The molecule has 4 nitrogen and oxygen atoms in total. The van der Waals surface area contributed by atoms with Gasteiger partial charge in [-0.15, -0.1) is 10.2 Å². The Hall–Kier alpha value is -3.18. The molecule has 27 heavy (non-hydrogen) atoms. The van der Waals surface area contributed by atoms with Gasteiger partial charge >= 0.3 is 0 Å². The van der Waals surface area contributed by atoms with Crippen LogP contribution >= 0.6 is 11.6 Å². The van der Waals surface area contributed by atoms with Crippen LogP contribution in [-0.2, 0) is 0 Å². The SMILES string of the molecule is Fc1ccc([C@@H](Nc2cccc(Cl)c2)c2nnc(-c3ccccc3)o2)cc1. The Bertz CT molecular complexity index is 1030. The molecule has 0 saturated heterocycles. The number of aromatic nitrogens is 2. The van der Waals surface area contributed by atoms with Crippen LogP contribution in [0, 0.1) is 5.82 Å². The van der Waals surface area contributed by atoms with E-state index in [9.17, 15) is 4.39 Å². The molecule has 4 aromatic rings. The van der Waals surface area contributed by atoms with Crippen LogP contribution in [0.5, 0.6) is 0 Å². The molecule has 0 aliphatic heterocycles. The van der Waals surface area contributed by atoms with Crippen LogP contribution in [-0.4, -0.2) is 10.2 Å². The van der Waals surface area contributed by atoms with Crippen molar-refractivity contribution >= 4 is 17.3 Å². The van der Waals surface area contributed by atoms with Gasteiger partial charge in [-0.2, -0.15) is 0 Å². The number of anilines is 1. The van der Waals surface area contributed by atoms with Gasteiger partial charge in [0.15, 0.2) is 0 Å². The first-order chi connectivity index (χ1) is 13.2. The zero-order valence-corrected chi connectivity index (χ0v) is 14.9. The Balaban J connectivity index is 1.71. The molecule has 1 N–H and O–H groups in total. The topological polar surface area (TPSA) is 51.0 Å². The Morgan fingerprint density at radius 1 is 0.889 bits per heavy atom. The zero-order chi connectivity index (χ0) is 18.6. The number of halogens is 2. The fourth-order valence-electron chi connectivity index (χ4n) is 2.74. The third kappa shape index (κ3) is 3.99. The van der Waals surface area contributed by atoms with Crippen molar-refractivity contribution < 1.29 is 8.81 Å². The molecule has 0 aliphatic rings. The van der Waals surface area contributed by atoms with Gasteiger partial charge in [0.2, 0.25) is 11.8 Å². The summed E-state index contributed by atoms with van der Waals surface area (Å²) < 4.78 is 19.3. The van der Waals surface area contributed by atoms with E-state index in [0.717, 1.165) is 16.8 Å². The highest BCUT2D eigenvalue weighted by atomic mass is 35.5. The summed E-state index contributed by atoms with van der Waals surface area (Å²) >= 11 is 6.08. The molecule has 6 heteroatoms. The van der Waals surface area contributed by atoms with Gasteiger partial charge < -0.3 is 9.73 Å². The predicted molar refractivity (Wildman–Crippen MR) is 103 cm³/mol. The van der Waals surface area contributed by atoms with E-state index in [2.05, 4.69) is 15.5 Å². The van der Waals surface area contributed by atoms with Gasteiger partial charge in [-0.25, -0.2) is 4.39 Å². The number of hydrogen-bond donors (Lipinski definition) is 1. The van der Waals surface area contributed by atoms with E-state index in [1.165, 1.54) is 12.1 Å². The first-order valence-electron chi connectivity index (χ1n) is 8.35. The lowest BCUT2D eigenvalue weighted by molar-refractivity contribution is 0.494. The fraction of sp³-hybridized carbons (Fsp3) is 0.0476. The maximum Gasteiger partial charge on any atom is 0.247 e. The van der Waals surface area contributed by atoms with Gasteiger partial charge in [0.1, 0.15) is 11.9 Å². The smallest absolute Gasteiger partial charge is 0.247 e. The Kier molecular flexibility index (Phi) is 4.85. The molecule has 0 amide bonds. The average molecular weight is 380 g/mol. The molecule has 0 radical (unpaired) electrons. The average Bonchev–Trinajstić information content (AvgIpc) is 3.18. The largest absolute Gasteiger partial charge is 0.418 e. The summed E-state index contributed by atoms with van der Waals surface area (Å²) in [5, 5.41) is 12.3. The molecule has 0 bridgehead atoms. The molecule has 4 rings (SSSR count). The van der Waals surface area contributed by atoms with Crippen molar-refractivity contribution in [2.45, 2.75) is 6.04 Å². The second-order valence-corrected chi connectivity index (χ2v) is 6.39. The van der Waals surface area contributed by atoms with E-state index < -0.39 is 6.04 Å². The van der Waals surface area contributed by atoms with Crippen molar-refractivity contribution in [3.63, 3.8) is 0 Å². The van der Waals surface area contributed by atoms with Gasteiger partial charge in [-0.1, -0.05) is 48.0 Å². The van der Waals surface area contributed by atoms with Gasteiger partial charge in [0.05, 0.1) is 0 Å². The molecular weight excluding hydrogens is 365 g/mol. The van der Waals surface area contributed by atoms with Gasteiger partial charge in [-0.3, -0.25) is 0 Å². The van der Waals surface area contributed by atoms with E-state index >= 15 is 0 Å². The summed E-state index contributed by atoms with van der Waals surface area (Å²) in [6.45, 7) is 0. The van der Waals surface area contributed by atoms with E-state index in [0.29, 0.717) is 16.8 Å². The zero-order valence-electron chi connectivity index (χ0n) is 14.1. The number of rotatable bonds is 5. The maximum absolute atomic E-state index is 13.4. The standard InChI is InChI=1S/C21H15ClFN3O/c22-16-7-4-8-18(13-16)24-19(14-9-11-17(23)12-10-14)21-26-25-20(27-21)15-5-2-1-3-6-15/h1-13,19,24H/t19-/m1/s1. The van der Waals surface area contributed by atoms with E-state index in [-0.39, 0.29) is 5.82 Å². The molecule has 0 aliphatic carbocycles. The molecule has 3 aromatic carbocycles. The van der Waals surface area contributed by atoms with Gasteiger partial charge in [0, 0.05) is 16.3 Å². The molecular formula is C21H15ClFN3O. The molecule has 1 aromatic heterocycles. The third-order valence-corrected chi connectivity index (χ3v) is 4.28. The van der Waals surface area contributed by atoms with Gasteiger partial charge in [0.25, 0.3) is 0 Å². The Morgan fingerprint density at radius 2 is 1.67 bits per heavy atom. The minimum Gasteiger partial charge on any atom is -0.418 e. The van der Waals surface area contributed by atoms with Gasteiger partial charge in [-0.05, 0) is 48.0 Å². The van der Waals surface area contributed by atoms with Crippen LogP contribution < -0.4 is 5.32 Å². The summed E-state index contributed by atoms with van der Waals surface area (Å²) in [5.41, 5.74) is 2.41. The molecule has 0 saturated carbocycles. The summed E-state index contributed by atoms with van der Waals surface area (Å²) in [6.07, 6.45) is 0. The predicted octanol–water partition coefficient (Wildman–Crippen LogP) is 5.73. The molecule has 0 fully saturated rings. The normalized spacial score (nSPS) is 11.9. The quantitative estimate of drug-likeness (QED) is 0.481. The van der Waals surface area contributed by atoms with E-state index in [4.69, 9.17) is 16.0 Å². The molecule has 0 spiro atoms. The van der Waals surface area contributed by atoms with Crippen LogP contribution in [0.15, 0.2) is 83.3 Å². The summed E-state index contributed by atoms with van der Waals surface area (Å²) in [5.74, 6) is 0.488. The van der Waals surface area contributed by atoms with Crippen LogP contribution in [0.3, 0.4) is 0 Å². The molecule has 1 atom stereocenters. The Morgan fingerprint density at radius 3 is 2.41 bits per heavy atom. The first-order valence-corrected chi connectivity index (χ1v) is 8.73. The molecule has 0 unspecified atom stereocenters. The second-order valence-electron chi connectivity index (χ2n) is 5.95. The van der Waals surface area contributed by atoms with Crippen molar-refractivity contribution in [1.29, 1.82) is 0 Å². The summed E-state index contributed by atoms with van der Waals surface area (Å²) in [4.78, 5) is 0.